The Morgan fingerprint density at radius 3 is 2.36 bits per heavy atom. The summed E-state index contributed by atoms with van der Waals surface area (Å²) >= 11 is 0. The third-order valence-corrected chi connectivity index (χ3v) is 5.28. The summed E-state index contributed by atoms with van der Waals surface area (Å²) in [6.45, 7) is 6.24. The molecule has 0 unspecified atom stereocenters. The van der Waals surface area contributed by atoms with Gasteiger partial charge in [0.05, 0.1) is 5.56 Å². The van der Waals surface area contributed by atoms with Gasteiger partial charge in [0.2, 0.25) is 5.91 Å². The van der Waals surface area contributed by atoms with Gasteiger partial charge in [-0.25, -0.2) is 0 Å². The molecule has 6 heteroatoms. The quantitative estimate of drug-likeness (QED) is 0.762. The lowest BCUT2D eigenvalue weighted by atomic mass is 10.0. The van der Waals surface area contributed by atoms with Crippen molar-refractivity contribution in [1.29, 1.82) is 0 Å². The number of halogens is 3. The van der Waals surface area contributed by atoms with Crippen LogP contribution in [0.25, 0.3) is 0 Å². The monoisotopic (exact) mass is 390 g/mol. The second-order valence-electron chi connectivity index (χ2n) is 7.35. The number of anilines is 1. The highest BCUT2D eigenvalue weighted by atomic mass is 19.4. The lowest BCUT2D eigenvalue weighted by Gasteiger charge is -2.36. The van der Waals surface area contributed by atoms with E-state index in [9.17, 15) is 18.0 Å². The summed E-state index contributed by atoms with van der Waals surface area (Å²) < 4.78 is 38.7. The molecule has 28 heavy (non-hydrogen) atoms. The van der Waals surface area contributed by atoms with Crippen LogP contribution in [0.1, 0.15) is 28.7 Å². The molecule has 0 radical (unpaired) electrons. The van der Waals surface area contributed by atoms with E-state index in [4.69, 9.17) is 0 Å². The number of hydrogen-bond acceptors (Lipinski definition) is 2. The molecule has 150 valence electrons. The summed E-state index contributed by atoms with van der Waals surface area (Å²) in [7, 11) is 0. The van der Waals surface area contributed by atoms with Crippen LogP contribution < -0.4 is 4.90 Å². The molecule has 3 rings (SSSR count). The summed E-state index contributed by atoms with van der Waals surface area (Å²) in [5, 5.41) is 0. The molecule has 1 aliphatic rings. The third kappa shape index (κ3) is 4.86. The smallest absolute Gasteiger partial charge is 0.368 e. The minimum Gasteiger partial charge on any atom is -0.368 e. The average molecular weight is 390 g/mol. The lowest BCUT2D eigenvalue weighted by molar-refractivity contribution is -0.137. The van der Waals surface area contributed by atoms with E-state index in [1.165, 1.54) is 28.8 Å². The summed E-state index contributed by atoms with van der Waals surface area (Å²) in [6.07, 6.45) is -3.19. The standard InChI is InChI=1S/C22H25F3N2O/c1-16-6-7-18(17(2)14-16)8-9-21(28)27-12-10-26(11-13-27)20-5-3-4-19(15-20)22(23,24)25/h3-7,14-15H,8-13H2,1-2H3. The summed E-state index contributed by atoms with van der Waals surface area (Å²) in [5.41, 5.74) is 3.50. The molecule has 0 N–H and O–H groups in total. The highest BCUT2D eigenvalue weighted by Crippen LogP contribution is 2.31. The fourth-order valence-corrected chi connectivity index (χ4v) is 3.62. The summed E-state index contributed by atoms with van der Waals surface area (Å²) in [6, 6.07) is 11.6. The number of alkyl halides is 3. The predicted molar refractivity (Wildman–Crippen MR) is 104 cm³/mol. The van der Waals surface area contributed by atoms with Crippen LogP contribution >= 0.6 is 0 Å². The van der Waals surface area contributed by atoms with E-state index in [0.717, 1.165) is 6.07 Å². The van der Waals surface area contributed by atoms with Crippen molar-refractivity contribution in [2.45, 2.75) is 32.9 Å². The van der Waals surface area contributed by atoms with Gasteiger partial charge < -0.3 is 9.80 Å². The van der Waals surface area contributed by atoms with Gasteiger partial charge in [0, 0.05) is 38.3 Å². The molecular formula is C22H25F3N2O. The average Bonchev–Trinajstić information content (AvgIpc) is 2.67. The van der Waals surface area contributed by atoms with Crippen molar-refractivity contribution < 1.29 is 18.0 Å². The molecule has 0 spiro atoms. The summed E-state index contributed by atoms with van der Waals surface area (Å²) in [5.74, 6) is 0.101. The van der Waals surface area contributed by atoms with E-state index in [-0.39, 0.29) is 5.91 Å². The number of benzene rings is 2. The topological polar surface area (TPSA) is 23.6 Å². The van der Waals surface area contributed by atoms with E-state index in [1.807, 2.05) is 16.7 Å². The molecule has 1 aliphatic heterocycles. The SMILES string of the molecule is Cc1ccc(CCC(=O)N2CCN(c3cccc(C(F)(F)F)c3)CC2)c(C)c1. The Bertz CT molecular complexity index is 840. The second-order valence-corrected chi connectivity index (χ2v) is 7.35. The molecule has 2 aromatic carbocycles. The molecule has 2 aromatic rings. The summed E-state index contributed by atoms with van der Waals surface area (Å²) in [4.78, 5) is 16.3. The number of aryl methyl sites for hydroxylation is 3. The van der Waals surface area contributed by atoms with Gasteiger partial charge in [0.25, 0.3) is 0 Å². The maximum Gasteiger partial charge on any atom is 0.416 e. The van der Waals surface area contributed by atoms with Crippen LogP contribution in [0.5, 0.6) is 0 Å². The van der Waals surface area contributed by atoms with Crippen molar-refractivity contribution in [2.75, 3.05) is 31.1 Å². The highest BCUT2D eigenvalue weighted by molar-refractivity contribution is 5.77. The van der Waals surface area contributed by atoms with E-state index in [0.29, 0.717) is 44.7 Å². The van der Waals surface area contributed by atoms with Crippen LogP contribution in [0.15, 0.2) is 42.5 Å². The maximum absolute atomic E-state index is 12.9. The van der Waals surface area contributed by atoms with Gasteiger partial charge in [0.1, 0.15) is 0 Å². The van der Waals surface area contributed by atoms with E-state index >= 15 is 0 Å². The molecule has 0 saturated carbocycles. The minimum absolute atomic E-state index is 0.101. The van der Waals surface area contributed by atoms with Gasteiger partial charge in [-0.2, -0.15) is 13.2 Å². The van der Waals surface area contributed by atoms with Crippen LogP contribution in [0.2, 0.25) is 0 Å². The van der Waals surface area contributed by atoms with Crippen LogP contribution in [0.3, 0.4) is 0 Å². The fraction of sp³-hybridized carbons (Fsp3) is 0.409. The first-order valence-electron chi connectivity index (χ1n) is 9.50. The van der Waals surface area contributed by atoms with Gasteiger partial charge in [-0.3, -0.25) is 4.79 Å². The van der Waals surface area contributed by atoms with Crippen molar-refractivity contribution in [3.8, 4) is 0 Å². The molecular weight excluding hydrogens is 365 g/mol. The van der Waals surface area contributed by atoms with Gasteiger partial charge in [-0.15, -0.1) is 0 Å². The molecule has 1 heterocycles. The zero-order valence-corrected chi connectivity index (χ0v) is 16.2. The van der Waals surface area contributed by atoms with E-state index < -0.39 is 11.7 Å². The van der Waals surface area contributed by atoms with Crippen molar-refractivity contribution >= 4 is 11.6 Å². The van der Waals surface area contributed by atoms with Gasteiger partial charge in [-0.1, -0.05) is 29.8 Å². The Kier molecular flexibility index (Phi) is 5.96. The number of piperazine rings is 1. The first-order valence-corrected chi connectivity index (χ1v) is 9.50. The first kappa shape index (κ1) is 20.2. The Labute approximate surface area is 163 Å². The van der Waals surface area contributed by atoms with Crippen LogP contribution in [0, 0.1) is 13.8 Å². The zero-order chi connectivity index (χ0) is 20.3. The maximum atomic E-state index is 12.9. The molecule has 0 bridgehead atoms. The predicted octanol–water partition coefficient (Wildman–Crippen LogP) is 4.60. The lowest BCUT2D eigenvalue weighted by Crippen LogP contribution is -2.48. The number of rotatable bonds is 4. The zero-order valence-electron chi connectivity index (χ0n) is 16.2. The van der Waals surface area contributed by atoms with E-state index in [1.54, 1.807) is 6.07 Å². The molecule has 0 aromatic heterocycles. The normalized spacial score (nSPS) is 15.0. The van der Waals surface area contributed by atoms with Crippen molar-refractivity contribution in [2.24, 2.45) is 0 Å². The van der Waals surface area contributed by atoms with Crippen molar-refractivity contribution in [3.63, 3.8) is 0 Å². The molecule has 3 nitrogen and oxygen atoms in total. The number of carbonyl (C=O) groups excluding carboxylic acids is 1. The van der Waals surface area contributed by atoms with E-state index in [2.05, 4.69) is 25.1 Å². The minimum atomic E-state index is -4.35. The van der Waals surface area contributed by atoms with Gasteiger partial charge in [0.15, 0.2) is 0 Å². The third-order valence-electron chi connectivity index (χ3n) is 5.28. The number of carbonyl (C=O) groups is 1. The Balaban J connectivity index is 1.54. The van der Waals surface area contributed by atoms with Gasteiger partial charge in [-0.05, 0) is 49.6 Å². The van der Waals surface area contributed by atoms with Gasteiger partial charge >= 0.3 is 6.18 Å². The molecule has 0 aliphatic carbocycles. The van der Waals surface area contributed by atoms with Crippen LogP contribution in [0.4, 0.5) is 18.9 Å². The number of hydrogen-bond donors (Lipinski definition) is 0. The second kappa shape index (κ2) is 8.25. The first-order chi connectivity index (χ1) is 13.2. The molecule has 0 atom stereocenters. The largest absolute Gasteiger partial charge is 0.416 e. The molecule has 1 fully saturated rings. The fourth-order valence-electron chi connectivity index (χ4n) is 3.62. The number of amides is 1. The van der Waals surface area contributed by atoms with Crippen LogP contribution in [-0.2, 0) is 17.4 Å². The number of nitrogens with zero attached hydrogens (tertiary/aromatic N) is 2. The molecule has 1 saturated heterocycles. The highest BCUT2D eigenvalue weighted by Gasteiger charge is 2.31. The molecule has 1 amide bonds. The Hall–Kier alpha value is -2.50. The Morgan fingerprint density at radius 1 is 1.00 bits per heavy atom. The van der Waals surface area contributed by atoms with Crippen molar-refractivity contribution in [1.82, 2.24) is 4.90 Å². The Morgan fingerprint density at radius 2 is 1.71 bits per heavy atom. The van der Waals surface area contributed by atoms with Crippen molar-refractivity contribution in [3.05, 3.63) is 64.7 Å². The van der Waals surface area contributed by atoms with Crippen LogP contribution in [-0.4, -0.2) is 37.0 Å².